The maximum absolute atomic E-state index is 13.7. The number of carboxylic acid groups (broad SMARTS) is 1. The van der Waals surface area contributed by atoms with Crippen LogP contribution in [0.4, 0.5) is 15.9 Å². The van der Waals surface area contributed by atoms with Crippen LogP contribution < -0.4 is 5.32 Å². The van der Waals surface area contributed by atoms with E-state index in [9.17, 15) is 9.18 Å². The van der Waals surface area contributed by atoms with Crippen molar-refractivity contribution in [1.29, 1.82) is 5.26 Å². The molecule has 1 aromatic carbocycles. The zero-order valence-corrected chi connectivity index (χ0v) is 10.5. The van der Waals surface area contributed by atoms with Crippen molar-refractivity contribution >= 4 is 17.5 Å². The van der Waals surface area contributed by atoms with E-state index in [1.807, 2.05) is 0 Å². The SMILES string of the molecule is Cc1ccc(Nc2nc(C#N)ccc2C(=O)O)c(F)c1. The number of nitrogens with zero attached hydrogens (tertiary/aromatic N) is 2. The molecular formula is C14H10FN3O2. The first-order valence-electron chi connectivity index (χ1n) is 5.69. The van der Waals surface area contributed by atoms with Crippen molar-refractivity contribution in [3.8, 4) is 6.07 Å². The standard InChI is InChI=1S/C14H10FN3O2/c1-8-2-5-12(11(15)6-8)18-13-10(14(19)20)4-3-9(7-16)17-13/h2-6H,1H3,(H,17,18)(H,19,20). The van der Waals surface area contributed by atoms with Gasteiger partial charge in [0.15, 0.2) is 0 Å². The molecule has 0 bridgehead atoms. The molecular weight excluding hydrogens is 261 g/mol. The molecule has 2 N–H and O–H groups in total. The smallest absolute Gasteiger partial charge is 0.339 e. The van der Waals surface area contributed by atoms with Crippen molar-refractivity contribution in [3.05, 3.63) is 53.0 Å². The van der Waals surface area contributed by atoms with E-state index < -0.39 is 11.8 Å². The van der Waals surface area contributed by atoms with Crippen LogP contribution in [-0.2, 0) is 0 Å². The Kier molecular flexibility index (Phi) is 3.62. The second kappa shape index (κ2) is 5.36. The summed E-state index contributed by atoms with van der Waals surface area (Å²) in [5.41, 5.74) is 0.750. The van der Waals surface area contributed by atoms with Gasteiger partial charge in [0.05, 0.1) is 5.69 Å². The summed E-state index contributed by atoms with van der Waals surface area (Å²) < 4.78 is 13.7. The Bertz CT molecular complexity index is 723. The number of hydrogen-bond acceptors (Lipinski definition) is 4. The third kappa shape index (κ3) is 2.72. The van der Waals surface area contributed by atoms with E-state index in [1.54, 1.807) is 19.1 Å². The lowest BCUT2D eigenvalue weighted by Crippen LogP contribution is -2.06. The number of benzene rings is 1. The van der Waals surface area contributed by atoms with E-state index >= 15 is 0 Å². The first-order chi connectivity index (χ1) is 9.51. The minimum absolute atomic E-state index is 0.0463. The van der Waals surface area contributed by atoms with E-state index in [4.69, 9.17) is 10.4 Å². The third-order valence-corrected chi connectivity index (χ3v) is 2.62. The van der Waals surface area contributed by atoms with Gasteiger partial charge in [-0.1, -0.05) is 6.07 Å². The Morgan fingerprint density at radius 3 is 2.75 bits per heavy atom. The van der Waals surface area contributed by atoms with Crippen LogP contribution in [0.3, 0.4) is 0 Å². The number of nitrogens with one attached hydrogen (secondary N) is 1. The molecule has 0 aliphatic rings. The highest BCUT2D eigenvalue weighted by atomic mass is 19.1. The van der Waals surface area contributed by atoms with Crippen molar-refractivity contribution in [3.63, 3.8) is 0 Å². The van der Waals surface area contributed by atoms with Gasteiger partial charge in [-0.15, -0.1) is 0 Å². The monoisotopic (exact) mass is 271 g/mol. The predicted octanol–water partition coefficient (Wildman–Crippen LogP) is 2.84. The van der Waals surface area contributed by atoms with Gasteiger partial charge in [-0.3, -0.25) is 0 Å². The zero-order chi connectivity index (χ0) is 14.7. The van der Waals surface area contributed by atoms with E-state index in [0.29, 0.717) is 0 Å². The quantitative estimate of drug-likeness (QED) is 0.896. The lowest BCUT2D eigenvalue weighted by molar-refractivity contribution is 0.0697. The summed E-state index contributed by atoms with van der Waals surface area (Å²) in [4.78, 5) is 14.9. The number of nitriles is 1. The second-order valence-corrected chi connectivity index (χ2v) is 4.12. The highest BCUT2D eigenvalue weighted by molar-refractivity contribution is 5.94. The number of pyridine rings is 1. The van der Waals surface area contributed by atoms with Crippen LogP contribution in [0, 0.1) is 24.1 Å². The van der Waals surface area contributed by atoms with Crippen molar-refractivity contribution in [2.75, 3.05) is 5.32 Å². The minimum atomic E-state index is -1.21. The molecule has 0 saturated heterocycles. The average molecular weight is 271 g/mol. The normalized spacial score (nSPS) is 9.85. The Morgan fingerprint density at radius 1 is 1.40 bits per heavy atom. The molecule has 1 aromatic heterocycles. The van der Waals surface area contributed by atoms with Crippen LogP contribution in [0.2, 0.25) is 0 Å². The van der Waals surface area contributed by atoms with Crippen LogP contribution in [0.5, 0.6) is 0 Å². The summed E-state index contributed by atoms with van der Waals surface area (Å²) in [5, 5.41) is 20.5. The fraction of sp³-hybridized carbons (Fsp3) is 0.0714. The fourth-order valence-electron chi connectivity index (χ4n) is 1.64. The van der Waals surface area contributed by atoms with Gasteiger partial charge in [0.25, 0.3) is 0 Å². The summed E-state index contributed by atoms with van der Waals surface area (Å²) >= 11 is 0. The maximum Gasteiger partial charge on any atom is 0.339 e. The summed E-state index contributed by atoms with van der Waals surface area (Å²) in [6, 6.07) is 8.83. The van der Waals surface area contributed by atoms with Crippen molar-refractivity contribution in [2.45, 2.75) is 6.92 Å². The lowest BCUT2D eigenvalue weighted by Gasteiger charge is -2.10. The minimum Gasteiger partial charge on any atom is -0.478 e. The molecule has 20 heavy (non-hydrogen) atoms. The first-order valence-corrected chi connectivity index (χ1v) is 5.69. The molecule has 6 heteroatoms. The van der Waals surface area contributed by atoms with E-state index in [2.05, 4.69) is 10.3 Å². The van der Waals surface area contributed by atoms with Gasteiger partial charge in [-0.2, -0.15) is 5.26 Å². The number of anilines is 2. The maximum atomic E-state index is 13.7. The van der Waals surface area contributed by atoms with E-state index in [1.165, 1.54) is 24.3 Å². The Labute approximate surface area is 114 Å². The highest BCUT2D eigenvalue weighted by Crippen LogP contribution is 2.22. The van der Waals surface area contributed by atoms with Gasteiger partial charge in [0, 0.05) is 0 Å². The molecule has 0 aliphatic carbocycles. The summed E-state index contributed by atoms with van der Waals surface area (Å²) in [7, 11) is 0. The summed E-state index contributed by atoms with van der Waals surface area (Å²) in [6.45, 7) is 1.74. The molecule has 0 saturated carbocycles. The lowest BCUT2D eigenvalue weighted by atomic mass is 10.2. The van der Waals surface area contributed by atoms with Crippen molar-refractivity contribution < 1.29 is 14.3 Å². The largest absolute Gasteiger partial charge is 0.478 e. The van der Waals surface area contributed by atoms with Crippen LogP contribution in [0.1, 0.15) is 21.6 Å². The van der Waals surface area contributed by atoms with Crippen molar-refractivity contribution in [1.82, 2.24) is 4.98 Å². The molecule has 100 valence electrons. The molecule has 0 atom stereocenters. The number of aromatic nitrogens is 1. The Morgan fingerprint density at radius 2 is 2.15 bits per heavy atom. The molecule has 2 rings (SSSR count). The topological polar surface area (TPSA) is 86.0 Å². The molecule has 0 spiro atoms. The molecule has 1 heterocycles. The number of hydrogen-bond donors (Lipinski definition) is 2. The number of carbonyl (C=O) groups is 1. The molecule has 5 nitrogen and oxygen atoms in total. The third-order valence-electron chi connectivity index (χ3n) is 2.62. The number of rotatable bonds is 3. The van der Waals surface area contributed by atoms with Gasteiger partial charge in [-0.25, -0.2) is 14.2 Å². The van der Waals surface area contributed by atoms with Crippen LogP contribution in [0.25, 0.3) is 0 Å². The van der Waals surface area contributed by atoms with E-state index in [0.717, 1.165) is 5.56 Å². The highest BCUT2D eigenvalue weighted by Gasteiger charge is 2.14. The van der Waals surface area contributed by atoms with E-state index in [-0.39, 0.29) is 22.8 Å². The average Bonchev–Trinajstić information content (AvgIpc) is 2.41. The van der Waals surface area contributed by atoms with Gasteiger partial charge in [-0.05, 0) is 36.8 Å². The fourth-order valence-corrected chi connectivity index (χ4v) is 1.64. The summed E-state index contributed by atoms with van der Waals surface area (Å²) in [6.07, 6.45) is 0. The van der Waals surface area contributed by atoms with Gasteiger partial charge < -0.3 is 10.4 Å². The molecule has 2 aromatic rings. The Hall–Kier alpha value is -2.94. The predicted molar refractivity (Wildman–Crippen MR) is 70.3 cm³/mol. The zero-order valence-electron chi connectivity index (χ0n) is 10.5. The van der Waals surface area contributed by atoms with Gasteiger partial charge in [0.1, 0.15) is 29.0 Å². The molecule has 0 fully saturated rings. The van der Waals surface area contributed by atoms with Crippen LogP contribution in [0.15, 0.2) is 30.3 Å². The molecule has 0 radical (unpaired) electrons. The van der Waals surface area contributed by atoms with Crippen molar-refractivity contribution in [2.24, 2.45) is 0 Å². The number of carboxylic acids is 1. The van der Waals surface area contributed by atoms with Gasteiger partial charge in [0.2, 0.25) is 0 Å². The molecule has 0 aliphatic heterocycles. The number of halogens is 1. The molecule has 0 unspecified atom stereocenters. The number of aromatic carboxylic acids is 1. The second-order valence-electron chi connectivity index (χ2n) is 4.12. The van der Waals surface area contributed by atoms with Crippen LogP contribution in [-0.4, -0.2) is 16.1 Å². The first kappa shape index (κ1) is 13.5. The Balaban J connectivity index is 2.46. The van der Waals surface area contributed by atoms with Gasteiger partial charge >= 0.3 is 5.97 Å². The number of aryl methyl sites for hydroxylation is 1. The molecule has 0 amide bonds. The van der Waals surface area contributed by atoms with Crippen LogP contribution >= 0.6 is 0 Å². The summed E-state index contributed by atoms with van der Waals surface area (Å²) in [5.74, 6) is -1.80.